The molecule has 1 aliphatic carbocycles. The summed E-state index contributed by atoms with van der Waals surface area (Å²) in [4.78, 5) is 31.0. The number of likely N-dealkylation sites (tertiary alicyclic amines) is 1. The molecule has 1 aliphatic heterocycles. The van der Waals surface area contributed by atoms with Crippen LogP contribution in [-0.4, -0.2) is 48.4 Å². The Bertz CT molecular complexity index is 1050. The number of carbonyl (C=O) groups is 1. The van der Waals surface area contributed by atoms with E-state index < -0.39 is 0 Å². The van der Waals surface area contributed by atoms with Crippen molar-refractivity contribution in [2.24, 2.45) is 0 Å². The molecule has 1 amide bonds. The van der Waals surface area contributed by atoms with Gasteiger partial charge >= 0.3 is 0 Å². The van der Waals surface area contributed by atoms with Gasteiger partial charge in [0.25, 0.3) is 5.56 Å². The summed E-state index contributed by atoms with van der Waals surface area (Å²) < 4.78 is 3.24. The summed E-state index contributed by atoms with van der Waals surface area (Å²) in [5.74, 6) is 0.497. The minimum absolute atomic E-state index is 0.00800. The summed E-state index contributed by atoms with van der Waals surface area (Å²) >= 11 is 0. The Morgan fingerprint density at radius 1 is 1.19 bits per heavy atom. The average molecular weight is 350 g/mol. The minimum Gasteiger partial charge on any atom is -0.337 e. The van der Waals surface area contributed by atoms with Crippen molar-refractivity contribution >= 4 is 16.8 Å². The van der Waals surface area contributed by atoms with Gasteiger partial charge < -0.3 is 4.90 Å². The van der Waals surface area contributed by atoms with Gasteiger partial charge in [-0.1, -0.05) is 17.3 Å². The van der Waals surface area contributed by atoms with Crippen molar-refractivity contribution in [3.05, 3.63) is 52.8 Å². The number of hydrogen-bond donors (Lipinski definition) is 0. The molecule has 1 aromatic carbocycles. The number of hydrogen-bond acceptors (Lipinski definition) is 5. The van der Waals surface area contributed by atoms with Gasteiger partial charge in [-0.05, 0) is 25.0 Å². The van der Waals surface area contributed by atoms with Crippen molar-refractivity contribution in [3.63, 3.8) is 0 Å². The van der Waals surface area contributed by atoms with Crippen LogP contribution in [0.3, 0.4) is 0 Å². The SMILES string of the molecule is O=C(Cn1cnc2ccccc2c1=O)N1CC(n2cc(C3CC3)nn2)C1. The molecule has 2 fully saturated rings. The van der Waals surface area contributed by atoms with E-state index in [1.165, 1.54) is 23.7 Å². The Kier molecular flexibility index (Phi) is 3.37. The fourth-order valence-electron chi connectivity index (χ4n) is 3.33. The summed E-state index contributed by atoms with van der Waals surface area (Å²) in [6.45, 7) is 1.21. The predicted octanol–water partition coefficient (Wildman–Crippen LogP) is 0.949. The lowest BCUT2D eigenvalue weighted by Crippen LogP contribution is -2.52. The number of nitrogens with zero attached hydrogens (tertiary/aromatic N) is 6. The first kappa shape index (κ1) is 15.2. The zero-order valence-corrected chi connectivity index (χ0v) is 14.2. The summed E-state index contributed by atoms with van der Waals surface area (Å²) in [5, 5.41) is 8.93. The molecule has 2 aliphatic rings. The molecule has 3 heterocycles. The van der Waals surface area contributed by atoms with Gasteiger partial charge in [-0.25, -0.2) is 9.67 Å². The topological polar surface area (TPSA) is 85.9 Å². The number of para-hydroxylation sites is 1. The van der Waals surface area contributed by atoms with E-state index >= 15 is 0 Å². The first-order valence-corrected chi connectivity index (χ1v) is 8.83. The summed E-state index contributed by atoms with van der Waals surface area (Å²) in [7, 11) is 0. The van der Waals surface area contributed by atoms with Gasteiger partial charge in [-0.2, -0.15) is 0 Å². The molecule has 0 radical (unpaired) electrons. The van der Waals surface area contributed by atoms with Crippen LogP contribution in [0.5, 0.6) is 0 Å². The molecule has 1 saturated heterocycles. The molecule has 0 atom stereocenters. The van der Waals surface area contributed by atoms with Gasteiger partial charge in [0.2, 0.25) is 5.91 Å². The quantitative estimate of drug-likeness (QED) is 0.699. The molecule has 26 heavy (non-hydrogen) atoms. The highest BCUT2D eigenvalue weighted by Crippen LogP contribution is 2.39. The van der Waals surface area contributed by atoms with Gasteiger partial charge in [0.1, 0.15) is 6.54 Å². The largest absolute Gasteiger partial charge is 0.337 e. The Labute approximate surface area is 149 Å². The second-order valence-corrected chi connectivity index (χ2v) is 7.05. The van der Waals surface area contributed by atoms with E-state index in [0.717, 1.165) is 5.69 Å². The summed E-state index contributed by atoms with van der Waals surface area (Å²) in [6.07, 6.45) is 5.84. The van der Waals surface area contributed by atoms with E-state index in [4.69, 9.17) is 0 Å². The van der Waals surface area contributed by atoms with Crippen LogP contribution in [0.1, 0.15) is 30.5 Å². The second kappa shape index (κ2) is 5.76. The lowest BCUT2D eigenvalue weighted by Gasteiger charge is -2.38. The molecule has 3 aromatic rings. The van der Waals surface area contributed by atoms with Crippen molar-refractivity contribution in [1.29, 1.82) is 0 Å². The highest BCUT2D eigenvalue weighted by atomic mass is 16.2. The summed E-state index contributed by atoms with van der Waals surface area (Å²) in [5.41, 5.74) is 1.51. The van der Waals surface area contributed by atoms with E-state index in [0.29, 0.717) is 29.9 Å². The van der Waals surface area contributed by atoms with E-state index in [1.807, 2.05) is 16.9 Å². The third kappa shape index (κ3) is 2.58. The maximum Gasteiger partial charge on any atom is 0.261 e. The van der Waals surface area contributed by atoms with Gasteiger partial charge in [-0.3, -0.25) is 14.2 Å². The molecule has 8 heteroatoms. The van der Waals surface area contributed by atoms with Crippen LogP contribution < -0.4 is 5.56 Å². The van der Waals surface area contributed by atoms with Gasteiger partial charge in [0, 0.05) is 25.2 Å². The zero-order chi connectivity index (χ0) is 17.7. The average Bonchev–Trinajstić information content (AvgIpc) is 3.35. The fourth-order valence-corrected chi connectivity index (χ4v) is 3.33. The van der Waals surface area contributed by atoms with E-state index in [1.54, 1.807) is 23.1 Å². The first-order chi connectivity index (χ1) is 12.7. The van der Waals surface area contributed by atoms with Gasteiger partial charge in [-0.15, -0.1) is 5.10 Å². The maximum absolute atomic E-state index is 12.5. The van der Waals surface area contributed by atoms with Crippen LogP contribution >= 0.6 is 0 Å². The molecule has 2 aromatic heterocycles. The molecular formula is C18H18N6O2. The molecule has 0 bridgehead atoms. The van der Waals surface area contributed by atoms with Crippen molar-refractivity contribution < 1.29 is 4.79 Å². The lowest BCUT2D eigenvalue weighted by atomic mass is 10.1. The van der Waals surface area contributed by atoms with Crippen LogP contribution in [0.15, 0.2) is 41.6 Å². The number of amides is 1. The van der Waals surface area contributed by atoms with Gasteiger partial charge in [0.05, 0.1) is 29.0 Å². The summed E-state index contributed by atoms with van der Waals surface area (Å²) in [6, 6.07) is 7.32. The zero-order valence-electron chi connectivity index (χ0n) is 14.2. The third-order valence-electron chi connectivity index (χ3n) is 5.15. The number of benzene rings is 1. The van der Waals surface area contributed by atoms with E-state index in [-0.39, 0.29) is 24.1 Å². The molecule has 1 saturated carbocycles. The van der Waals surface area contributed by atoms with Crippen LogP contribution in [0.25, 0.3) is 10.9 Å². The van der Waals surface area contributed by atoms with Crippen molar-refractivity contribution in [1.82, 2.24) is 29.4 Å². The standard InChI is InChI=1S/C18H18N6O2/c25-17(10-23-11-19-15-4-2-1-3-14(15)18(23)26)22-7-13(8-22)24-9-16(20-21-24)12-5-6-12/h1-4,9,11-13H,5-8,10H2. The highest BCUT2D eigenvalue weighted by molar-refractivity contribution is 5.79. The third-order valence-corrected chi connectivity index (χ3v) is 5.15. The number of carbonyl (C=O) groups excluding carboxylic acids is 1. The Balaban J connectivity index is 1.25. The number of aromatic nitrogens is 5. The second-order valence-electron chi connectivity index (χ2n) is 7.05. The molecule has 0 N–H and O–H groups in total. The maximum atomic E-state index is 12.5. The van der Waals surface area contributed by atoms with Gasteiger partial charge in [0.15, 0.2) is 0 Å². The Morgan fingerprint density at radius 3 is 2.81 bits per heavy atom. The highest BCUT2D eigenvalue weighted by Gasteiger charge is 2.34. The monoisotopic (exact) mass is 350 g/mol. The van der Waals surface area contributed by atoms with Crippen molar-refractivity contribution in [2.75, 3.05) is 13.1 Å². The van der Waals surface area contributed by atoms with Crippen LogP contribution in [0.2, 0.25) is 0 Å². The van der Waals surface area contributed by atoms with Crippen molar-refractivity contribution in [3.8, 4) is 0 Å². The van der Waals surface area contributed by atoms with Crippen molar-refractivity contribution in [2.45, 2.75) is 31.3 Å². The first-order valence-electron chi connectivity index (χ1n) is 8.83. The predicted molar refractivity (Wildman–Crippen MR) is 93.6 cm³/mol. The molecular weight excluding hydrogens is 332 g/mol. The lowest BCUT2D eigenvalue weighted by molar-refractivity contribution is -0.137. The van der Waals surface area contributed by atoms with E-state index in [9.17, 15) is 9.59 Å². The normalized spacial score (nSPS) is 17.5. The number of rotatable bonds is 4. The van der Waals surface area contributed by atoms with Crippen LogP contribution in [0, 0.1) is 0 Å². The smallest absolute Gasteiger partial charge is 0.261 e. The Hall–Kier alpha value is -3.03. The molecule has 8 nitrogen and oxygen atoms in total. The molecule has 0 spiro atoms. The fraction of sp³-hybridized carbons (Fsp3) is 0.389. The molecule has 132 valence electrons. The van der Waals surface area contributed by atoms with E-state index in [2.05, 4.69) is 15.3 Å². The number of fused-ring (bicyclic) bond motifs is 1. The molecule has 5 rings (SSSR count). The minimum atomic E-state index is -0.189. The van der Waals surface area contributed by atoms with Crippen LogP contribution in [-0.2, 0) is 11.3 Å². The molecule has 0 unspecified atom stereocenters. The Morgan fingerprint density at radius 2 is 2.00 bits per heavy atom. The van der Waals surface area contributed by atoms with Crippen LogP contribution in [0.4, 0.5) is 0 Å².